The van der Waals surface area contributed by atoms with Gasteiger partial charge in [0.2, 0.25) is 11.7 Å². The van der Waals surface area contributed by atoms with Gasteiger partial charge in [-0.15, -0.1) is 0 Å². The van der Waals surface area contributed by atoms with E-state index < -0.39 is 0 Å². The maximum absolute atomic E-state index is 12.6. The van der Waals surface area contributed by atoms with Gasteiger partial charge in [0.25, 0.3) is 0 Å². The number of carbonyl (C=O) groups is 1. The molecular weight excluding hydrogens is 390 g/mol. The lowest BCUT2D eigenvalue weighted by atomic mass is 9.94. The summed E-state index contributed by atoms with van der Waals surface area (Å²) < 4.78 is 16.1. The number of thioether (sulfide) groups is 1. The van der Waals surface area contributed by atoms with Crippen LogP contribution in [0, 0.1) is 0 Å². The second-order valence-corrected chi connectivity index (χ2v) is 8.17. The van der Waals surface area contributed by atoms with Crippen LogP contribution >= 0.6 is 11.8 Å². The number of hydrogen-bond donors (Lipinski definition) is 1. The van der Waals surface area contributed by atoms with E-state index in [1.807, 2.05) is 18.2 Å². The van der Waals surface area contributed by atoms with Crippen molar-refractivity contribution in [3.63, 3.8) is 0 Å². The number of rotatable bonds is 8. The Hall–Kier alpha value is -2.48. The largest absolute Gasteiger partial charge is 0.493 e. The van der Waals surface area contributed by atoms with Crippen LogP contribution < -0.4 is 19.5 Å². The highest BCUT2D eigenvalue weighted by Crippen LogP contribution is 2.38. The fraction of sp³-hybridized carbons (Fsp3) is 0.476. The van der Waals surface area contributed by atoms with E-state index in [9.17, 15) is 4.79 Å². The Morgan fingerprint density at radius 3 is 2.21 bits per heavy atom. The predicted octanol–water partition coefficient (Wildman–Crippen LogP) is 3.26. The Balaban J connectivity index is 1.51. The molecule has 7 nitrogen and oxygen atoms in total. The third-order valence-corrected chi connectivity index (χ3v) is 6.17. The molecule has 156 valence electrons. The van der Waals surface area contributed by atoms with Crippen molar-refractivity contribution in [3.8, 4) is 17.2 Å². The minimum Gasteiger partial charge on any atom is -0.493 e. The molecule has 1 amide bonds. The van der Waals surface area contributed by atoms with Gasteiger partial charge in [0, 0.05) is 23.7 Å². The molecular formula is C21H27N3O4S. The van der Waals surface area contributed by atoms with Crippen molar-refractivity contribution < 1.29 is 19.0 Å². The summed E-state index contributed by atoms with van der Waals surface area (Å²) in [5.74, 6) is 1.63. The molecule has 0 saturated heterocycles. The zero-order valence-corrected chi connectivity index (χ0v) is 17.8. The minimum absolute atomic E-state index is 0.00164. The van der Waals surface area contributed by atoms with Crippen molar-refractivity contribution in [2.75, 3.05) is 21.3 Å². The van der Waals surface area contributed by atoms with Gasteiger partial charge in [-0.05, 0) is 49.4 Å². The molecule has 0 aliphatic heterocycles. The van der Waals surface area contributed by atoms with E-state index >= 15 is 0 Å². The fourth-order valence-corrected chi connectivity index (χ4v) is 4.57. The molecule has 0 radical (unpaired) electrons. The number of nitrogens with zero attached hydrogens (tertiary/aromatic N) is 2. The summed E-state index contributed by atoms with van der Waals surface area (Å²) in [6, 6.07) is 5.66. The molecule has 1 aromatic heterocycles. The summed E-state index contributed by atoms with van der Waals surface area (Å²) in [6.07, 6.45) is 7.81. The summed E-state index contributed by atoms with van der Waals surface area (Å²) in [5.41, 5.74) is 0.822. The first kappa shape index (κ1) is 21.2. The number of amides is 1. The smallest absolute Gasteiger partial charge is 0.224 e. The number of aromatic nitrogens is 2. The third kappa shape index (κ3) is 5.76. The van der Waals surface area contributed by atoms with Gasteiger partial charge in [-0.3, -0.25) is 4.79 Å². The SMILES string of the molecule is COc1cc(CC(=O)NC2CCC(Sc3ncccn3)CC2)cc(OC)c1OC. The first-order valence-corrected chi connectivity index (χ1v) is 10.5. The topological polar surface area (TPSA) is 82.6 Å². The molecule has 1 aliphatic carbocycles. The number of ether oxygens (including phenoxy) is 3. The zero-order valence-electron chi connectivity index (χ0n) is 17.0. The molecule has 1 aliphatic rings. The number of carbonyl (C=O) groups excluding carboxylic acids is 1. The number of hydrogen-bond acceptors (Lipinski definition) is 7. The van der Waals surface area contributed by atoms with Crippen LogP contribution in [0.4, 0.5) is 0 Å². The fourth-order valence-electron chi connectivity index (χ4n) is 3.52. The van der Waals surface area contributed by atoms with E-state index in [0.717, 1.165) is 36.4 Å². The Labute approximate surface area is 175 Å². The van der Waals surface area contributed by atoms with Crippen LogP contribution in [0.3, 0.4) is 0 Å². The lowest BCUT2D eigenvalue weighted by Crippen LogP contribution is -2.38. The van der Waals surface area contributed by atoms with Gasteiger partial charge in [-0.25, -0.2) is 9.97 Å². The normalized spacial score (nSPS) is 18.7. The third-order valence-electron chi connectivity index (χ3n) is 4.94. The minimum atomic E-state index is 0.00164. The van der Waals surface area contributed by atoms with Crippen molar-refractivity contribution in [3.05, 3.63) is 36.2 Å². The van der Waals surface area contributed by atoms with Crippen LogP contribution in [0.15, 0.2) is 35.7 Å². The molecule has 0 spiro atoms. The second kappa shape index (κ2) is 10.3. The summed E-state index contributed by atoms with van der Waals surface area (Å²) in [5, 5.41) is 4.49. The van der Waals surface area contributed by atoms with Crippen molar-refractivity contribution in [2.24, 2.45) is 0 Å². The quantitative estimate of drug-likeness (QED) is 0.660. The molecule has 1 aromatic carbocycles. The highest BCUT2D eigenvalue weighted by molar-refractivity contribution is 7.99. The van der Waals surface area contributed by atoms with Crippen LogP contribution in [-0.4, -0.2) is 48.5 Å². The molecule has 8 heteroatoms. The van der Waals surface area contributed by atoms with E-state index in [1.54, 1.807) is 45.5 Å². The molecule has 1 fully saturated rings. The average molecular weight is 418 g/mol. The molecule has 2 aromatic rings. The van der Waals surface area contributed by atoms with Crippen molar-refractivity contribution in [1.82, 2.24) is 15.3 Å². The van der Waals surface area contributed by atoms with Gasteiger partial charge < -0.3 is 19.5 Å². The monoisotopic (exact) mass is 417 g/mol. The zero-order chi connectivity index (χ0) is 20.6. The van der Waals surface area contributed by atoms with Gasteiger partial charge in [0.15, 0.2) is 16.7 Å². The molecule has 0 unspecified atom stereocenters. The van der Waals surface area contributed by atoms with E-state index in [1.165, 1.54) is 0 Å². The molecule has 0 atom stereocenters. The van der Waals surface area contributed by atoms with Crippen molar-refractivity contribution in [1.29, 1.82) is 0 Å². The van der Waals surface area contributed by atoms with Crippen LogP contribution in [0.5, 0.6) is 17.2 Å². The van der Waals surface area contributed by atoms with Crippen LogP contribution in [0.1, 0.15) is 31.2 Å². The Kier molecular flexibility index (Phi) is 7.57. The summed E-state index contributed by atoms with van der Waals surface area (Å²) in [4.78, 5) is 21.1. The Morgan fingerprint density at radius 1 is 1.03 bits per heavy atom. The first-order valence-electron chi connectivity index (χ1n) is 9.64. The highest BCUT2D eigenvalue weighted by atomic mass is 32.2. The molecule has 1 heterocycles. The Bertz CT molecular complexity index is 786. The lowest BCUT2D eigenvalue weighted by Gasteiger charge is -2.28. The molecule has 1 saturated carbocycles. The van der Waals surface area contributed by atoms with E-state index in [2.05, 4.69) is 15.3 Å². The van der Waals surface area contributed by atoms with Crippen molar-refractivity contribution >= 4 is 17.7 Å². The second-order valence-electron chi connectivity index (χ2n) is 6.90. The summed E-state index contributed by atoms with van der Waals surface area (Å²) >= 11 is 1.73. The Morgan fingerprint density at radius 2 is 1.66 bits per heavy atom. The van der Waals surface area contributed by atoms with Gasteiger partial charge in [-0.2, -0.15) is 0 Å². The maximum Gasteiger partial charge on any atom is 0.224 e. The first-order chi connectivity index (χ1) is 14.1. The number of methoxy groups -OCH3 is 3. The van der Waals surface area contributed by atoms with E-state index in [0.29, 0.717) is 22.5 Å². The highest BCUT2D eigenvalue weighted by Gasteiger charge is 2.24. The molecule has 0 bridgehead atoms. The number of benzene rings is 1. The summed E-state index contributed by atoms with van der Waals surface area (Å²) in [7, 11) is 4.70. The summed E-state index contributed by atoms with van der Waals surface area (Å²) in [6.45, 7) is 0. The lowest BCUT2D eigenvalue weighted by molar-refractivity contribution is -0.121. The van der Waals surface area contributed by atoms with Crippen LogP contribution in [0.2, 0.25) is 0 Å². The predicted molar refractivity (Wildman–Crippen MR) is 112 cm³/mol. The van der Waals surface area contributed by atoms with Gasteiger partial charge in [0.05, 0.1) is 27.8 Å². The van der Waals surface area contributed by atoms with Gasteiger partial charge in [-0.1, -0.05) is 11.8 Å². The van der Waals surface area contributed by atoms with Gasteiger partial charge in [0.1, 0.15) is 0 Å². The molecule has 29 heavy (non-hydrogen) atoms. The van der Waals surface area contributed by atoms with Gasteiger partial charge >= 0.3 is 0 Å². The molecule has 3 rings (SSSR count). The van der Waals surface area contributed by atoms with E-state index in [4.69, 9.17) is 14.2 Å². The van der Waals surface area contributed by atoms with E-state index in [-0.39, 0.29) is 18.4 Å². The van der Waals surface area contributed by atoms with Crippen molar-refractivity contribution in [2.45, 2.75) is 48.6 Å². The van der Waals surface area contributed by atoms with Crippen LogP contribution in [0.25, 0.3) is 0 Å². The number of nitrogens with one attached hydrogen (secondary N) is 1. The van der Waals surface area contributed by atoms with Crippen LogP contribution in [-0.2, 0) is 11.2 Å². The molecule has 1 N–H and O–H groups in total. The maximum atomic E-state index is 12.6. The average Bonchev–Trinajstić information content (AvgIpc) is 2.75. The standard InChI is InChI=1S/C21H27N3O4S/c1-26-17-11-14(12-18(27-2)20(17)28-3)13-19(25)24-15-5-7-16(8-6-15)29-21-22-9-4-10-23-21/h4,9-12,15-16H,5-8,13H2,1-3H3,(H,24,25).